The lowest BCUT2D eigenvalue weighted by atomic mass is 10.0. The zero-order valence-electron chi connectivity index (χ0n) is 14.5. The van der Waals surface area contributed by atoms with Crippen LogP contribution < -0.4 is 16.8 Å². The molecule has 1 fully saturated rings. The van der Waals surface area contributed by atoms with Gasteiger partial charge in [-0.3, -0.25) is 14.5 Å². The summed E-state index contributed by atoms with van der Waals surface area (Å²) >= 11 is 1.25. The van der Waals surface area contributed by atoms with Gasteiger partial charge in [-0.25, -0.2) is 9.59 Å². The number of carboxylic acid groups (broad SMARTS) is 1. The van der Waals surface area contributed by atoms with E-state index >= 15 is 0 Å². The largest absolute Gasteiger partial charge is 0.477 e. The number of carbonyl (C=O) groups excluding carboxylic acids is 3. The molecule has 28 heavy (non-hydrogen) atoms. The number of benzene rings is 1. The third-order valence-electron chi connectivity index (χ3n) is 4.38. The molecule has 0 radical (unpaired) electrons. The Hall–Kier alpha value is -3.05. The molecule has 148 valence electrons. The van der Waals surface area contributed by atoms with Crippen LogP contribution >= 0.6 is 11.8 Å². The van der Waals surface area contributed by atoms with Crippen molar-refractivity contribution in [2.24, 2.45) is 11.5 Å². The molecule has 0 spiro atoms. The second-order valence-corrected chi connectivity index (χ2v) is 7.25. The van der Waals surface area contributed by atoms with Crippen LogP contribution in [0.25, 0.3) is 0 Å². The lowest BCUT2D eigenvalue weighted by molar-refractivity contribution is -0.151. The molecule has 0 saturated carbocycles. The summed E-state index contributed by atoms with van der Waals surface area (Å²) in [7, 11) is 0. The Kier molecular flexibility index (Phi) is 5.56. The Balaban J connectivity index is 1.72. The van der Waals surface area contributed by atoms with Crippen molar-refractivity contribution in [3.8, 4) is 0 Å². The Bertz CT molecular complexity index is 858. The number of β-lactam (4-membered cyclic amide) rings is 1. The van der Waals surface area contributed by atoms with E-state index in [0.29, 0.717) is 5.56 Å². The van der Waals surface area contributed by atoms with Gasteiger partial charge >= 0.3 is 12.1 Å². The van der Waals surface area contributed by atoms with Gasteiger partial charge in [-0.15, -0.1) is 11.8 Å². The van der Waals surface area contributed by atoms with E-state index in [4.69, 9.17) is 11.5 Å². The SMILES string of the molecule is NC(=O)OCC1=C(C(=O)O)N2C(=O)C(NC(=O)C(N)c3ccccc3)[C@@H]2SC1. The van der Waals surface area contributed by atoms with Gasteiger partial charge < -0.3 is 26.6 Å². The van der Waals surface area contributed by atoms with Crippen LogP contribution in [0.1, 0.15) is 11.6 Å². The molecule has 2 aliphatic rings. The molecule has 1 aromatic rings. The summed E-state index contributed by atoms with van der Waals surface area (Å²) in [5.41, 5.74) is 11.4. The lowest BCUT2D eigenvalue weighted by Gasteiger charge is -2.49. The van der Waals surface area contributed by atoms with Crippen molar-refractivity contribution >= 4 is 35.6 Å². The van der Waals surface area contributed by atoms with Crippen LogP contribution in [-0.2, 0) is 19.1 Å². The van der Waals surface area contributed by atoms with Crippen LogP contribution in [0.2, 0.25) is 0 Å². The summed E-state index contributed by atoms with van der Waals surface area (Å²) in [6, 6.07) is 6.84. The maximum absolute atomic E-state index is 12.5. The highest BCUT2D eigenvalue weighted by Gasteiger charge is 2.54. The predicted molar refractivity (Wildman–Crippen MR) is 98.6 cm³/mol. The lowest BCUT2D eigenvalue weighted by Crippen LogP contribution is -2.71. The van der Waals surface area contributed by atoms with Crippen molar-refractivity contribution in [1.82, 2.24) is 10.2 Å². The number of nitrogens with one attached hydrogen (secondary N) is 1. The first-order chi connectivity index (χ1) is 13.3. The number of rotatable bonds is 6. The molecule has 0 bridgehead atoms. The first kappa shape index (κ1) is 19.7. The Morgan fingerprint density at radius 3 is 2.61 bits per heavy atom. The third-order valence-corrected chi connectivity index (χ3v) is 5.72. The maximum atomic E-state index is 12.5. The van der Waals surface area contributed by atoms with Gasteiger partial charge in [0.25, 0.3) is 5.91 Å². The number of carbonyl (C=O) groups is 4. The van der Waals surface area contributed by atoms with E-state index in [2.05, 4.69) is 10.1 Å². The first-order valence-electron chi connectivity index (χ1n) is 8.24. The molecular formula is C17H18N4O6S. The highest BCUT2D eigenvalue weighted by Crippen LogP contribution is 2.40. The van der Waals surface area contributed by atoms with Crippen molar-refractivity contribution in [2.75, 3.05) is 12.4 Å². The molecule has 10 nitrogen and oxygen atoms in total. The first-order valence-corrected chi connectivity index (χ1v) is 9.29. The smallest absolute Gasteiger partial charge is 0.404 e. The minimum Gasteiger partial charge on any atom is -0.477 e. The minimum atomic E-state index is -1.33. The molecule has 1 saturated heterocycles. The predicted octanol–water partition coefficient (Wildman–Crippen LogP) is -0.480. The zero-order chi connectivity index (χ0) is 20.4. The van der Waals surface area contributed by atoms with Gasteiger partial charge in [-0.1, -0.05) is 30.3 Å². The van der Waals surface area contributed by atoms with E-state index in [1.165, 1.54) is 11.8 Å². The number of nitrogens with zero attached hydrogens (tertiary/aromatic N) is 1. The molecule has 3 rings (SSSR count). The fraction of sp³-hybridized carbons (Fsp3) is 0.294. The van der Waals surface area contributed by atoms with E-state index in [1.54, 1.807) is 30.3 Å². The molecule has 3 atom stereocenters. The number of carboxylic acids is 1. The standard InChI is InChI=1S/C17H18N4O6S/c18-10(8-4-2-1-3-5-8)13(22)20-11-14(23)21-12(16(24)25)9(6-27-17(19)26)7-28-15(11)21/h1-5,10-11,15H,6-7,18H2,(H2,19,26)(H,20,22)(H,24,25)/t10?,11?,15-/m0/s1. The average Bonchev–Trinajstić information content (AvgIpc) is 2.69. The number of ether oxygens (including phenoxy) is 1. The monoisotopic (exact) mass is 406 g/mol. The van der Waals surface area contributed by atoms with Gasteiger partial charge in [0.05, 0.1) is 0 Å². The minimum absolute atomic E-state index is 0.209. The van der Waals surface area contributed by atoms with Gasteiger partial charge in [0.15, 0.2) is 0 Å². The van der Waals surface area contributed by atoms with Gasteiger partial charge in [0, 0.05) is 11.3 Å². The van der Waals surface area contributed by atoms with Crippen molar-refractivity contribution < 1.29 is 29.0 Å². The molecule has 0 aliphatic carbocycles. The number of thioether (sulfide) groups is 1. The number of hydrogen-bond donors (Lipinski definition) is 4. The van der Waals surface area contributed by atoms with E-state index in [0.717, 1.165) is 4.90 Å². The number of amides is 3. The van der Waals surface area contributed by atoms with Crippen LogP contribution in [0.5, 0.6) is 0 Å². The number of aliphatic carboxylic acids is 1. The molecule has 2 aliphatic heterocycles. The van der Waals surface area contributed by atoms with E-state index < -0.39 is 41.3 Å². The average molecular weight is 406 g/mol. The van der Waals surface area contributed by atoms with Crippen molar-refractivity contribution in [3.63, 3.8) is 0 Å². The fourth-order valence-electron chi connectivity index (χ4n) is 3.01. The molecule has 2 unspecified atom stereocenters. The Labute approximate surface area is 163 Å². The highest BCUT2D eigenvalue weighted by atomic mass is 32.2. The van der Waals surface area contributed by atoms with Gasteiger partial charge in [0.1, 0.15) is 29.8 Å². The van der Waals surface area contributed by atoms with Crippen LogP contribution in [0, 0.1) is 0 Å². The number of primary amides is 1. The Morgan fingerprint density at radius 1 is 1.32 bits per heavy atom. The number of fused-ring (bicyclic) bond motifs is 1. The van der Waals surface area contributed by atoms with E-state index in [9.17, 15) is 24.3 Å². The summed E-state index contributed by atoms with van der Waals surface area (Å²) in [5, 5.41) is 11.5. The number of nitrogens with two attached hydrogens (primary N) is 2. The van der Waals surface area contributed by atoms with E-state index in [-0.39, 0.29) is 23.6 Å². The molecule has 2 heterocycles. The normalized spacial score (nSPS) is 22.0. The third kappa shape index (κ3) is 3.66. The quantitative estimate of drug-likeness (QED) is 0.460. The molecular weight excluding hydrogens is 388 g/mol. The fourth-order valence-corrected chi connectivity index (χ4v) is 4.33. The van der Waals surface area contributed by atoms with E-state index in [1.807, 2.05) is 0 Å². The molecule has 6 N–H and O–H groups in total. The van der Waals surface area contributed by atoms with Crippen LogP contribution in [0.3, 0.4) is 0 Å². The maximum Gasteiger partial charge on any atom is 0.404 e. The highest BCUT2D eigenvalue weighted by molar-refractivity contribution is 8.00. The summed E-state index contributed by atoms with van der Waals surface area (Å²) in [6.45, 7) is -0.323. The second kappa shape index (κ2) is 7.90. The summed E-state index contributed by atoms with van der Waals surface area (Å²) in [5.74, 6) is -2.22. The van der Waals surface area contributed by atoms with Crippen LogP contribution in [0.4, 0.5) is 4.79 Å². The van der Waals surface area contributed by atoms with Gasteiger partial charge in [-0.05, 0) is 5.56 Å². The molecule has 0 aromatic heterocycles. The second-order valence-electron chi connectivity index (χ2n) is 6.15. The Morgan fingerprint density at radius 2 is 2.00 bits per heavy atom. The summed E-state index contributed by atoms with van der Waals surface area (Å²) in [6.07, 6.45) is -1.04. The zero-order valence-corrected chi connectivity index (χ0v) is 15.3. The van der Waals surface area contributed by atoms with Crippen LogP contribution in [-0.4, -0.2) is 57.7 Å². The number of hydrogen-bond acceptors (Lipinski definition) is 7. The molecule has 3 amide bonds. The van der Waals surface area contributed by atoms with Crippen molar-refractivity contribution in [1.29, 1.82) is 0 Å². The van der Waals surface area contributed by atoms with Crippen LogP contribution in [0.15, 0.2) is 41.6 Å². The summed E-state index contributed by atoms with van der Waals surface area (Å²) < 4.78 is 4.66. The van der Waals surface area contributed by atoms with Crippen molar-refractivity contribution in [2.45, 2.75) is 17.5 Å². The molecule has 11 heteroatoms. The van der Waals surface area contributed by atoms with Gasteiger partial charge in [-0.2, -0.15) is 0 Å². The van der Waals surface area contributed by atoms with Gasteiger partial charge in [0.2, 0.25) is 5.91 Å². The topological polar surface area (TPSA) is 165 Å². The summed E-state index contributed by atoms with van der Waals surface area (Å²) in [4.78, 5) is 48.4. The molecule has 1 aromatic carbocycles. The van der Waals surface area contributed by atoms with Crippen molar-refractivity contribution in [3.05, 3.63) is 47.2 Å².